The van der Waals surface area contributed by atoms with Crippen LogP contribution in [0.3, 0.4) is 0 Å². The number of rotatable bonds is 8. The zero-order chi connectivity index (χ0) is 19.4. The third-order valence-electron chi connectivity index (χ3n) is 4.39. The van der Waals surface area contributed by atoms with Crippen molar-refractivity contribution in [3.05, 3.63) is 46.9 Å². The van der Waals surface area contributed by atoms with Gasteiger partial charge in [-0.1, -0.05) is 25.1 Å². The average Bonchev–Trinajstić information content (AvgIpc) is 3.22. The third-order valence-corrected chi connectivity index (χ3v) is 5.03. The Morgan fingerprint density at radius 2 is 2.07 bits per heavy atom. The van der Waals surface area contributed by atoms with Crippen molar-refractivity contribution in [2.45, 2.75) is 37.5 Å². The molecule has 27 heavy (non-hydrogen) atoms. The lowest BCUT2D eigenvalue weighted by Gasteiger charge is -2.17. The molecule has 142 valence electrons. The standard InChI is InChI=1S/C18H19N3O5S/c1-2-18(17(24)25)14(26-18)16(23)21-13(8-12-9-27-10-19-12)15(22)20-11-6-4-3-5-7-11/h3-7,9-10,13-14H,2,8H2,1H3,(H,20,22)(H,21,23)(H,24,25)/t13-,14+,18-/m0/s1. The predicted molar refractivity (Wildman–Crippen MR) is 98.4 cm³/mol. The fourth-order valence-electron chi connectivity index (χ4n) is 2.78. The molecule has 2 aromatic rings. The van der Waals surface area contributed by atoms with Gasteiger partial charge in [0.2, 0.25) is 11.5 Å². The van der Waals surface area contributed by atoms with Crippen LogP contribution in [0.4, 0.5) is 5.69 Å². The Balaban J connectivity index is 1.71. The molecule has 0 unspecified atom stereocenters. The maximum atomic E-state index is 12.7. The number of para-hydroxylation sites is 1. The number of carbonyl (C=O) groups excluding carboxylic acids is 2. The number of aliphatic carboxylic acids is 1. The van der Waals surface area contributed by atoms with Crippen molar-refractivity contribution >= 4 is 34.8 Å². The van der Waals surface area contributed by atoms with Gasteiger partial charge in [0.25, 0.3) is 5.91 Å². The van der Waals surface area contributed by atoms with E-state index in [9.17, 15) is 19.5 Å². The van der Waals surface area contributed by atoms with E-state index in [0.29, 0.717) is 11.4 Å². The number of nitrogens with one attached hydrogen (secondary N) is 2. The van der Waals surface area contributed by atoms with Gasteiger partial charge in [-0.05, 0) is 18.6 Å². The van der Waals surface area contributed by atoms with E-state index in [-0.39, 0.29) is 12.8 Å². The topological polar surface area (TPSA) is 121 Å². The first-order chi connectivity index (χ1) is 13.0. The first kappa shape index (κ1) is 19.0. The molecule has 1 aromatic carbocycles. The summed E-state index contributed by atoms with van der Waals surface area (Å²) in [6.45, 7) is 1.64. The minimum Gasteiger partial charge on any atom is -0.479 e. The minimum absolute atomic E-state index is 0.160. The summed E-state index contributed by atoms with van der Waals surface area (Å²) in [5.41, 5.74) is 1.38. The highest BCUT2D eigenvalue weighted by Gasteiger charge is 2.65. The zero-order valence-corrected chi connectivity index (χ0v) is 15.4. The van der Waals surface area contributed by atoms with Crippen LogP contribution >= 0.6 is 11.3 Å². The van der Waals surface area contributed by atoms with Crippen LogP contribution in [0.25, 0.3) is 0 Å². The van der Waals surface area contributed by atoms with E-state index >= 15 is 0 Å². The maximum absolute atomic E-state index is 12.7. The van der Waals surface area contributed by atoms with Gasteiger partial charge in [0.15, 0.2) is 6.10 Å². The molecule has 1 aliphatic rings. The highest BCUT2D eigenvalue weighted by molar-refractivity contribution is 7.07. The van der Waals surface area contributed by atoms with Crippen molar-refractivity contribution in [1.29, 1.82) is 0 Å². The molecule has 2 amide bonds. The monoisotopic (exact) mass is 389 g/mol. The van der Waals surface area contributed by atoms with Crippen LogP contribution in [0.2, 0.25) is 0 Å². The van der Waals surface area contributed by atoms with E-state index in [2.05, 4.69) is 15.6 Å². The number of thiazole rings is 1. The van der Waals surface area contributed by atoms with Gasteiger partial charge >= 0.3 is 5.97 Å². The molecule has 2 heterocycles. The van der Waals surface area contributed by atoms with Crippen molar-refractivity contribution in [2.75, 3.05) is 5.32 Å². The summed E-state index contributed by atoms with van der Waals surface area (Å²) in [4.78, 5) is 40.7. The second-order valence-corrected chi connectivity index (χ2v) is 6.87. The Hall–Kier alpha value is -2.78. The van der Waals surface area contributed by atoms with Crippen molar-refractivity contribution in [3.8, 4) is 0 Å². The summed E-state index contributed by atoms with van der Waals surface area (Å²) in [6.07, 6.45) is -0.761. The summed E-state index contributed by atoms with van der Waals surface area (Å²) >= 11 is 1.38. The number of carboxylic acid groups (broad SMARTS) is 1. The summed E-state index contributed by atoms with van der Waals surface area (Å²) in [6, 6.07) is 7.94. The van der Waals surface area contributed by atoms with E-state index in [1.165, 1.54) is 11.3 Å². The zero-order valence-electron chi connectivity index (χ0n) is 14.5. The Morgan fingerprint density at radius 3 is 2.63 bits per heavy atom. The highest BCUT2D eigenvalue weighted by atomic mass is 32.1. The van der Waals surface area contributed by atoms with Gasteiger partial charge in [0.1, 0.15) is 6.04 Å². The van der Waals surface area contributed by atoms with E-state index in [4.69, 9.17) is 4.74 Å². The fraction of sp³-hybridized carbons (Fsp3) is 0.333. The number of benzene rings is 1. The second kappa shape index (κ2) is 7.85. The number of carboxylic acids is 1. The number of hydrogen-bond acceptors (Lipinski definition) is 6. The van der Waals surface area contributed by atoms with E-state index < -0.39 is 35.5 Å². The molecule has 0 saturated carbocycles. The first-order valence-corrected chi connectivity index (χ1v) is 9.35. The molecule has 3 N–H and O–H groups in total. The van der Waals surface area contributed by atoms with Gasteiger partial charge in [0, 0.05) is 17.5 Å². The van der Waals surface area contributed by atoms with Crippen LogP contribution in [0.15, 0.2) is 41.2 Å². The lowest BCUT2D eigenvalue weighted by molar-refractivity contribution is -0.143. The number of nitrogens with zero attached hydrogens (tertiary/aromatic N) is 1. The molecule has 0 radical (unpaired) electrons. The highest BCUT2D eigenvalue weighted by Crippen LogP contribution is 2.40. The Bertz CT molecular complexity index is 827. The Labute approximate surface area is 159 Å². The van der Waals surface area contributed by atoms with E-state index in [1.54, 1.807) is 42.1 Å². The summed E-state index contributed by atoms with van der Waals surface area (Å²) in [5.74, 6) is -2.22. The number of anilines is 1. The minimum atomic E-state index is -1.51. The number of amides is 2. The smallest absolute Gasteiger partial charge is 0.339 e. The van der Waals surface area contributed by atoms with E-state index in [0.717, 1.165) is 0 Å². The molecule has 1 aromatic heterocycles. The summed E-state index contributed by atoms with van der Waals surface area (Å²) < 4.78 is 5.15. The van der Waals surface area contributed by atoms with Crippen molar-refractivity contribution in [1.82, 2.24) is 10.3 Å². The van der Waals surface area contributed by atoms with Gasteiger partial charge < -0.3 is 20.5 Å². The molecule has 8 nitrogen and oxygen atoms in total. The molecule has 0 bridgehead atoms. The normalized spacial score (nSPS) is 21.9. The number of ether oxygens (including phenoxy) is 1. The van der Waals surface area contributed by atoms with Crippen molar-refractivity contribution < 1.29 is 24.2 Å². The first-order valence-electron chi connectivity index (χ1n) is 8.41. The molecule has 0 spiro atoms. The van der Waals surface area contributed by atoms with Gasteiger partial charge in [-0.15, -0.1) is 11.3 Å². The lowest BCUT2D eigenvalue weighted by Crippen LogP contribution is -2.48. The van der Waals surface area contributed by atoms with Gasteiger partial charge in [-0.2, -0.15) is 0 Å². The van der Waals surface area contributed by atoms with Crippen LogP contribution in [0, 0.1) is 0 Å². The molecular formula is C18H19N3O5S. The van der Waals surface area contributed by atoms with Crippen LogP contribution < -0.4 is 10.6 Å². The fourth-order valence-corrected chi connectivity index (χ4v) is 3.35. The molecule has 3 atom stereocenters. The Kier molecular flexibility index (Phi) is 5.52. The lowest BCUT2D eigenvalue weighted by atomic mass is 10.0. The van der Waals surface area contributed by atoms with Crippen LogP contribution in [0.5, 0.6) is 0 Å². The molecule has 1 fully saturated rings. The SMILES string of the molecule is CC[C@]1(C(=O)O)O[C@@H]1C(=O)N[C@@H](Cc1cscn1)C(=O)Nc1ccccc1. The van der Waals surface area contributed by atoms with Gasteiger partial charge in [0.05, 0.1) is 11.2 Å². The molecule has 0 aliphatic carbocycles. The van der Waals surface area contributed by atoms with Gasteiger partial charge in [-0.3, -0.25) is 9.59 Å². The number of carbonyl (C=O) groups is 3. The second-order valence-electron chi connectivity index (χ2n) is 6.15. The Morgan fingerprint density at radius 1 is 1.33 bits per heavy atom. The number of hydrogen-bond donors (Lipinski definition) is 3. The molecule has 1 saturated heterocycles. The van der Waals surface area contributed by atoms with Crippen LogP contribution in [0.1, 0.15) is 19.0 Å². The van der Waals surface area contributed by atoms with Crippen molar-refractivity contribution in [2.24, 2.45) is 0 Å². The van der Waals surface area contributed by atoms with E-state index in [1.807, 2.05) is 6.07 Å². The van der Waals surface area contributed by atoms with Crippen LogP contribution in [-0.4, -0.2) is 45.6 Å². The third kappa shape index (κ3) is 4.15. The molecule has 9 heteroatoms. The predicted octanol–water partition coefficient (Wildman–Crippen LogP) is 1.44. The van der Waals surface area contributed by atoms with Crippen molar-refractivity contribution in [3.63, 3.8) is 0 Å². The number of aromatic nitrogens is 1. The summed E-state index contributed by atoms with van der Waals surface area (Å²) in [5, 5.41) is 16.4. The summed E-state index contributed by atoms with van der Waals surface area (Å²) in [7, 11) is 0. The molecule has 3 rings (SSSR count). The molecule has 1 aliphatic heterocycles. The van der Waals surface area contributed by atoms with Crippen LogP contribution in [-0.2, 0) is 25.5 Å². The average molecular weight is 389 g/mol. The quantitative estimate of drug-likeness (QED) is 0.588. The maximum Gasteiger partial charge on any atom is 0.339 e. The number of epoxide rings is 1. The van der Waals surface area contributed by atoms with Gasteiger partial charge in [-0.25, -0.2) is 9.78 Å². The molecular weight excluding hydrogens is 370 g/mol. The largest absolute Gasteiger partial charge is 0.479 e.